The maximum Gasteiger partial charge on any atom is 0.143 e. The molecule has 0 atom stereocenters. The lowest BCUT2D eigenvalue weighted by molar-refractivity contribution is -0.117. The second-order valence-electron chi connectivity index (χ2n) is 6.79. The van der Waals surface area contributed by atoms with Crippen molar-refractivity contribution in [3.63, 3.8) is 0 Å². The monoisotopic (exact) mass is 381 g/mol. The van der Waals surface area contributed by atoms with Crippen LogP contribution in [0.25, 0.3) is 16.6 Å². The second-order valence-corrected chi connectivity index (χ2v) is 6.79. The molecule has 0 saturated heterocycles. The van der Waals surface area contributed by atoms with Crippen LogP contribution in [-0.4, -0.2) is 22.3 Å². The summed E-state index contributed by atoms with van der Waals surface area (Å²) in [7, 11) is 1.52. The Labute approximate surface area is 168 Å². The van der Waals surface area contributed by atoms with Gasteiger partial charge in [-0.2, -0.15) is 5.26 Å². The maximum absolute atomic E-state index is 12.9. The number of benzene rings is 2. The topological polar surface area (TPSA) is 67.4 Å². The van der Waals surface area contributed by atoms with Crippen LogP contribution < -0.4 is 4.74 Å². The van der Waals surface area contributed by atoms with Crippen molar-refractivity contribution < 1.29 is 9.53 Å². The lowest BCUT2D eigenvalue weighted by Gasteiger charge is -2.13. The highest BCUT2D eigenvalue weighted by atomic mass is 16.5. The van der Waals surface area contributed by atoms with Crippen molar-refractivity contribution in [1.82, 2.24) is 9.38 Å². The predicted molar refractivity (Wildman–Crippen MR) is 111 cm³/mol. The highest BCUT2D eigenvalue weighted by Gasteiger charge is 2.15. The molecule has 0 aliphatic rings. The number of aromatic nitrogens is 2. The average Bonchev–Trinajstić information content (AvgIpc) is 3.24. The zero-order valence-electron chi connectivity index (χ0n) is 16.0. The highest BCUT2D eigenvalue weighted by molar-refractivity contribution is 5.85. The van der Waals surface area contributed by atoms with Crippen molar-refractivity contribution in [2.24, 2.45) is 0 Å². The third kappa shape index (κ3) is 3.74. The first-order valence-corrected chi connectivity index (χ1v) is 9.27. The number of carbonyl (C=O) groups excluding carboxylic acids is 1. The second kappa shape index (κ2) is 7.99. The zero-order chi connectivity index (χ0) is 20.2. The Morgan fingerprint density at radius 3 is 2.69 bits per heavy atom. The quantitative estimate of drug-likeness (QED) is 0.501. The normalized spacial score (nSPS) is 10.6. The molecule has 0 fully saturated rings. The van der Waals surface area contributed by atoms with Crippen LogP contribution in [0.4, 0.5) is 0 Å². The van der Waals surface area contributed by atoms with Gasteiger partial charge < -0.3 is 9.14 Å². The third-order valence-electron chi connectivity index (χ3n) is 4.93. The molecule has 0 bridgehead atoms. The minimum absolute atomic E-state index is 0.0788. The molecule has 0 unspecified atom stereocenters. The summed E-state index contributed by atoms with van der Waals surface area (Å²) in [6.45, 7) is 0. The molecular formula is C24H19N3O2. The molecule has 2 aromatic heterocycles. The van der Waals surface area contributed by atoms with Crippen molar-refractivity contribution in [3.05, 3.63) is 90.0 Å². The third-order valence-corrected chi connectivity index (χ3v) is 4.93. The van der Waals surface area contributed by atoms with Crippen LogP contribution >= 0.6 is 0 Å². The summed E-state index contributed by atoms with van der Waals surface area (Å²) in [5, 5.41) is 9.13. The average molecular weight is 381 g/mol. The van der Waals surface area contributed by atoms with E-state index in [0.717, 1.165) is 27.9 Å². The standard InChI is InChI=1S/C24H19N3O2/c1-29-24-12-17(7-8-19(24)14-25)11-21(28)13-23-22(18-5-3-2-4-6-18)10-9-20-15-26-16-27(20)23/h2-10,12,15-16H,11,13H2,1H3. The number of hydrogen-bond donors (Lipinski definition) is 0. The van der Waals surface area contributed by atoms with Gasteiger partial charge in [-0.3, -0.25) is 4.79 Å². The zero-order valence-corrected chi connectivity index (χ0v) is 16.0. The number of pyridine rings is 1. The summed E-state index contributed by atoms with van der Waals surface area (Å²) in [5.74, 6) is 0.564. The molecule has 0 N–H and O–H groups in total. The minimum Gasteiger partial charge on any atom is -0.495 e. The fraction of sp³-hybridized carbons (Fsp3) is 0.125. The Morgan fingerprint density at radius 1 is 1.10 bits per heavy atom. The molecule has 0 aliphatic heterocycles. The summed E-state index contributed by atoms with van der Waals surface area (Å²) >= 11 is 0. The van der Waals surface area contributed by atoms with Crippen LogP contribution in [-0.2, 0) is 17.6 Å². The van der Waals surface area contributed by atoms with Crippen molar-refractivity contribution in [2.75, 3.05) is 7.11 Å². The number of Topliss-reactive ketones (excluding diaryl/α,β-unsaturated/α-hetero) is 1. The van der Waals surface area contributed by atoms with Gasteiger partial charge >= 0.3 is 0 Å². The smallest absolute Gasteiger partial charge is 0.143 e. The van der Waals surface area contributed by atoms with Crippen molar-refractivity contribution >= 4 is 11.3 Å². The Balaban J connectivity index is 1.66. The Morgan fingerprint density at radius 2 is 1.93 bits per heavy atom. The van der Waals surface area contributed by atoms with E-state index in [1.807, 2.05) is 46.9 Å². The van der Waals surface area contributed by atoms with Crippen LogP contribution in [0, 0.1) is 11.3 Å². The number of imidazole rings is 1. The van der Waals surface area contributed by atoms with Gasteiger partial charge in [-0.15, -0.1) is 0 Å². The molecule has 4 aromatic rings. The highest BCUT2D eigenvalue weighted by Crippen LogP contribution is 2.26. The molecule has 0 radical (unpaired) electrons. The van der Waals surface area contributed by atoms with Gasteiger partial charge in [0.15, 0.2) is 0 Å². The Bertz CT molecular complexity index is 1220. The van der Waals surface area contributed by atoms with Crippen molar-refractivity contribution in [1.29, 1.82) is 5.26 Å². The first-order valence-electron chi connectivity index (χ1n) is 9.27. The Hall–Kier alpha value is -3.91. The number of hydrogen-bond acceptors (Lipinski definition) is 4. The largest absolute Gasteiger partial charge is 0.495 e. The molecule has 0 spiro atoms. The number of nitriles is 1. The number of nitrogens with zero attached hydrogens (tertiary/aromatic N) is 3. The molecule has 142 valence electrons. The number of rotatable bonds is 6. The lowest BCUT2D eigenvalue weighted by atomic mass is 9.98. The van der Waals surface area contributed by atoms with Crippen LogP contribution in [0.1, 0.15) is 16.8 Å². The first kappa shape index (κ1) is 18.5. The number of ketones is 1. The van der Waals surface area contributed by atoms with Gasteiger partial charge in [0.1, 0.15) is 17.6 Å². The van der Waals surface area contributed by atoms with Crippen LogP contribution in [0.15, 0.2) is 73.2 Å². The SMILES string of the molecule is COc1cc(CC(=O)Cc2c(-c3ccccc3)ccc3cncn23)ccc1C#N. The van der Waals surface area contributed by atoms with E-state index in [4.69, 9.17) is 10.00 Å². The van der Waals surface area contributed by atoms with Gasteiger partial charge in [0, 0.05) is 24.1 Å². The number of methoxy groups -OCH3 is 1. The lowest BCUT2D eigenvalue weighted by Crippen LogP contribution is -2.11. The van der Waals surface area contributed by atoms with Gasteiger partial charge in [0.2, 0.25) is 0 Å². The van der Waals surface area contributed by atoms with E-state index >= 15 is 0 Å². The summed E-state index contributed by atoms with van der Waals surface area (Å²) in [6.07, 6.45) is 4.07. The minimum atomic E-state index is 0.0788. The molecule has 5 heteroatoms. The van der Waals surface area contributed by atoms with E-state index in [1.54, 1.807) is 30.7 Å². The number of carbonyl (C=O) groups is 1. The van der Waals surface area contributed by atoms with Gasteiger partial charge in [-0.1, -0.05) is 42.5 Å². The van der Waals surface area contributed by atoms with Gasteiger partial charge in [0.05, 0.1) is 30.7 Å². The van der Waals surface area contributed by atoms with E-state index in [-0.39, 0.29) is 18.6 Å². The molecule has 0 aliphatic carbocycles. The molecule has 5 nitrogen and oxygen atoms in total. The van der Waals surface area contributed by atoms with E-state index < -0.39 is 0 Å². The molecule has 4 rings (SSSR count). The summed E-state index contributed by atoms with van der Waals surface area (Å²) in [5.41, 5.74) is 5.22. The van der Waals surface area contributed by atoms with E-state index in [2.05, 4.69) is 11.1 Å². The van der Waals surface area contributed by atoms with Crippen molar-refractivity contribution in [2.45, 2.75) is 12.8 Å². The molecule has 2 heterocycles. The first-order chi connectivity index (χ1) is 14.2. The number of ether oxygens (including phenoxy) is 1. The van der Waals surface area contributed by atoms with Gasteiger partial charge in [0.25, 0.3) is 0 Å². The number of fused-ring (bicyclic) bond motifs is 1. The van der Waals surface area contributed by atoms with E-state index in [0.29, 0.717) is 11.3 Å². The molecule has 2 aromatic carbocycles. The van der Waals surface area contributed by atoms with Crippen LogP contribution in [0.3, 0.4) is 0 Å². The van der Waals surface area contributed by atoms with Gasteiger partial charge in [-0.25, -0.2) is 4.98 Å². The van der Waals surface area contributed by atoms with Crippen molar-refractivity contribution in [3.8, 4) is 22.9 Å². The Kier molecular flexibility index (Phi) is 5.08. The molecule has 0 amide bonds. The van der Waals surface area contributed by atoms with E-state index in [1.165, 1.54) is 7.11 Å². The maximum atomic E-state index is 12.9. The summed E-state index contributed by atoms with van der Waals surface area (Å²) < 4.78 is 7.23. The van der Waals surface area contributed by atoms with Gasteiger partial charge in [-0.05, 0) is 29.3 Å². The van der Waals surface area contributed by atoms with Crippen LogP contribution in [0.2, 0.25) is 0 Å². The fourth-order valence-corrected chi connectivity index (χ4v) is 3.52. The van der Waals surface area contributed by atoms with Crippen LogP contribution in [0.5, 0.6) is 5.75 Å². The predicted octanol–water partition coefficient (Wildman–Crippen LogP) is 4.24. The van der Waals surface area contributed by atoms with E-state index in [9.17, 15) is 4.79 Å². The summed E-state index contributed by atoms with van der Waals surface area (Å²) in [6, 6.07) is 21.4. The summed E-state index contributed by atoms with van der Waals surface area (Å²) in [4.78, 5) is 17.2. The molecule has 0 saturated carbocycles. The molecular weight excluding hydrogens is 362 g/mol. The fourth-order valence-electron chi connectivity index (χ4n) is 3.52. The molecule has 29 heavy (non-hydrogen) atoms.